The molecule has 0 aliphatic heterocycles. The Bertz CT molecular complexity index is 545. The van der Waals surface area contributed by atoms with Gasteiger partial charge >= 0.3 is 11.7 Å². The lowest BCUT2D eigenvalue weighted by atomic mass is 10.1. The van der Waals surface area contributed by atoms with Crippen molar-refractivity contribution in [3.8, 4) is 11.8 Å². The van der Waals surface area contributed by atoms with Crippen LogP contribution in [0.2, 0.25) is 5.15 Å². The molecule has 0 aromatic carbocycles. The highest BCUT2D eigenvalue weighted by Crippen LogP contribution is 2.27. The van der Waals surface area contributed by atoms with E-state index in [2.05, 4.69) is 21.6 Å². The van der Waals surface area contributed by atoms with E-state index in [-0.39, 0.29) is 22.0 Å². The predicted molar refractivity (Wildman–Crippen MR) is 59.5 cm³/mol. The summed E-state index contributed by atoms with van der Waals surface area (Å²) in [5.74, 6) is 3.86. The molecule has 0 fully saturated rings. The van der Waals surface area contributed by atoms with Crippen molar-refractivity contribution in [3.63, 3.8) is 0 Å². The van der Waals surface area contributed by atoms with Crippen molar-refractivity contribution in [2.75, 3.05) is 7.11 Å². The van der Waals surface area contributed by atoms with Crippen LogP contribution in [0.3, 0.4) is 0 Å². The summed E-state index contributed by atoms with van der Waals surface area (Å²) >= 11 is 5.59. The van der Waals surface area contributed by atoms with Crippen molar-refractivity contribution >= 4 is 23.3 Å². The van der Waals surface area contributed by atoms with Crippen molar-refractivity contribution in [2.24, 2.45) is 0 Å². The molecule has 0 saturated carbocycles. The van der Waals surface area contributed by atoms with Gasteiger partial charge in [-0.2, -0.15) is 0 Å². The minimum atomic E-state index is -0.734. The van der Waals surface area contributed by atoms with E-state index in [0.29, 0.717) is 0 Å². The SMILES string of the molecule is COC(=O)C#Cc1cnc(Cl)c([N+](=O)[O-])c1C. The third kappa shape index (κ3) is 2.92. The van der Waals surface area contributed by atoms with Crippen molar-refractivity contribution < 1.29 is 14.5 Å². The van der Waals surface area contributed by atoms with Gasteiger partial charge in [0.2, 0.25) is 5.15 Å². The third-order valence-corrected chi connectivity index (χ3v) is 2.21. The number of hydrogen-bond acceptors (Lipinski definition) is 5. The van der Waals surface area contributed by atoms with Crippen molar-refractivity contribution in [2.45, 2.75) is 6.92 Å². The van der Waals surface area contributed by atoms with Crippen LogP contribution >= 0.6 is 11.6 Å². The summed E-state index contributed by atoms with van der Waals surface area (Å²) in [7, 11) is 1.19. The zero-order chi connectivity index (χ0) is 13.0. The molecule has 1 aromatic rings. The van der Waals surface area contributed by atoms with Crippen LogP contribution in [-0.4, -0.2) is 23.0 Å². The summed E-state index contributed by atoms with van der Waals surface area (Å²) in [6.07, 6.45) is 1.26. The number of nitro groups is 1. The molecule has 0 saturated heterocycles. The average molecular weight is 255 g/mol. The van der Waals surface area contributed by atoms with Crippen molar-refractivity contribution in [1.82, 2.24) is 4.98 Å². The van der Waals surface area contributed by atoms with Gasteiger partial charge in [0.15, 0.2) is 0 Å². The van der Waals surface area contributed by atoms with Crippen LogP contribution in [0.5, 0.6) is 0 Å². The summed E-state index contributed by atoms with van der Waals surface area (Å²) in [6.45, 7) is 1.48. The minimum Gasteiger partial charge on any atom is -0.459 e. The molecule has 0 aliphatic rings. The Morgan fingerprint density at radius 3 is 2.82 bits per heavy atom. The Hall–Kier alpha value is -2.13. The molecule has 1 rings (SSSR count). The molecule has 0 aliphatic carbocycles. The standard InChI is InChI=1S/C10H7ClN2O4/c1-6-7(3-4-8(14)17-2)5-12-10(11)9(6)13(15)16/h5H,1-2H3. The molecular formula is C10H7ClN2O4. The number of methoxy groups -OCH3 is 1. The van der Waals surface area contributed by atoms with Gasteiger partial charge in [0, 0.05) is 17.7 Å². The largest absolute Gasteiger partial charge is 0.459 e. The molecule has 0 spiro atoms. The molecule has 0 unspecified atom stereocenters. The Balaban J connectivity index is 3.27. The second-order valence-electron chi connectivity index (χ2n) is 2.93. The Morgan fingerprint density at radius 1 is 1.65 bits per heavy atom. The normalized spacial score (nSPS) is 9.12. The van der Waals surface area contributed by atoms with E-state index in [9.17, 15) is 14.9 Å². The maximum Gasteiger partial charge on any atom is 0.384 e. The van der Waals surface area contributed by atoms with E-state index < -0.39 is 10.9 Å². The van der Waals surface area contributed by atoms with Gasteiger partial charge in [-0.25, -0.2) is 9.78 Å². The quantitative estimate of drug-likeness (QED) is 0.249. The van der Waals surface area contributed by atoms with Crippen LogP contribution in [0.25, 0.3) is 0 Å². The van der Waals surface area contributed by atoms with Crippen LogP contribution in [0.1, 0.15) is 11.1 Å². The zero-order valence-electron chi connectivity index (χ0n) is 8.98. The fourth-order valence-electron chi connectivity index (χ4n) is 1.07. The Kier molecular flexibility index (Phi) is 4.01. The summed E-state index contributed by atoms with van der Waals surface area (Å²) in [5.41, 5.74) is 0.196. The maximum atomic E-state index is 10.8. The van der Waals surface area contributed by atoms with Gasteiger partial charge in [-0.1, -0.05) is 17.5 Å². The van der Waals surface area contributed by atoms with E-state index >= 15 is 0 Å². The van der Waals surface area contributed by atoms with Gasteiger partial charge < -0.3 is 4.74 Å². The highest BCUT2D eigenvalue weighted by atomic mass is 35.5. The van der Waals surface area contributed by atoms with Crippen LogP contribution in [0, 0.1) is 28.9 Å². The Morgan fingerprint density at radius 2 is 2.29 bits per heavy atom. The molecule has 1 heterocycles. The number of carbonyl (C=O) groups excluding carboxylic acids is 1. The molecular weight excluding hydrogens is 248 g/mol. The van der Waals surface area contributed by atoms with Crippen LogP contribution < -0.4 is 0 Å². The number of aromatic nitrogens is 1. The van der Waals surface area contributed by atoms with Crippen LogP contribution in [0.4, 0.5) is 5.69 Å². The summed E-state index contributed by atoms with van der Waals surface area (Å²) < 4.78 is 4.32. The molecule has 0 atom stereocenters. The molecule has 17 heavy (non-hydrogen) atoms. The number of ether oxygens (including phenoxy) is 1. The van der Waals surface area contributed by atoms with Gasteiger partial charge in [0.1, 0.15) is 0 Å². The van der Waals surface area contributed by atoms with Crippen molar-refractivity contribution in [1.29, 1.82) is 0 Å². The average Bonchev–Trinajstić information content (AvgIpc) is 2.27. The van der Waals surface area contributed by atoms with E-state index in [1.807, 2.05) is 0 Å². The fraction of sp³-hybridized carbons (Fsp3) is 0.200. The molecule has 0 bridgehead atoms. The lowest BCUT2D eigenvalue weighted by Crippen LogP contribution is -1.99. The molecule has 1 aromatic heterocycles. The van der Waals surface area contributed by atoms with Gasteiger partial charge in [-0.05, 0) is 6.92 Å². The molecule has 7 heteroatoms. The second-order valence-corrected chi connectivity index (χ2v) is 3.29. The first-order valence-corrected chi connectivity index (χ1v) is 4.74. The van der Waals surface area contributed by atoms with Crippen LogP contribution in [-0.2, 0) is 9.53 Å². The fourth-order valence-corrected chi connectivity index (χ4v) is 1.33. The monoisotopic (exact) mass is 254 g/mol. The maximum absolute atomic E-state index is 10.8. The molecule has 0 amide bonds. The first kappa shape index (κ1) is 12.9. The molecule has 0 radical (unpaired) electrons. The van der Waals surface area contributed by atoms with Crippen LogP contribution in [0.15, 0.2) is 6.20 Å². The number of pyridine rings is 1. The lowest BCUT2D eigenvalue weighted by Gasteiger charge is -2.00. The number of rotatable bonds is 1. The predicted octanol–water partition coefficient (Wildman–Crippen LogP) is 1.48. The van der Waals surface area contributed by atoms with E-state index in [1.165, 1.54) is 20.2 Å². The first-order valence-electron chi connectivity index (χ1n) is 4.36. The Labute approximate surface area is 102 Å². The number of nitrogens with zero attached hydrogens (tertiary/aromatic N) is 2. The molecule has 0 N–H and O–H groups in total. The first-order chi connectivity index (χ1) is 7.97. The van der Waals surface area contributed by atoms with Gasteiger partial charge in [-0.15, -0.1) is 0 Å². The lowest BCUT2D eigenvalue weighted by molar-refractivity contribution is -0.385. The smallest absolute Gasteiger partial charge is 0.384 e. The molecule has 6 nitrogen and oxygen atoms in total. The van der Waals surface area contributed by atoms with Gasteiger partial charge in [0.25, 0.3) is 0 Å². The highest BCUT2D eigenvalue weighted by molar-refractivity contribution is 6.31. The van der Waals surface area contributed by atoms with Gasteiger partial charge in [0.05, 0.1) is 17.6 Å². The number of hydrogen-bond donors (Lipinski definition) is 0. The summed E-state index contributed by atoms with van der Waals surface area (Å²) in [4.78, 5) is 24.5. The number of carbonyl (C=O) groups is 1. The third-order valence-electron chi connectivity index (χ3n) is 1.93. The highest BCUT2D eigenvalue weighted by Gasteiger charge is 2.19. The topological polar surface area (TPSA) is 82.3 Å². The summed E-state index contributed by atoms with van der Waals surface area (Å²) in [5, 5.41) is 10.5. The van der Waals surface area contributed by atoms with E-state index in [0.717, 1.165) is 0 Å². The molecule has 88 valence electrons. The number of esters is 1. The summed E-state index contributed by atoms with van der Waals surface area (Å²) in [6, 6.07) is 0. The van der Waals surface area contributed by atoms with Crippen molar-refractivity contribution in [3.05, 3.63) is 32.6 Å². The second kappa shape index (κ2) is 5.27. The minimum absolute atomic E-state index is 0.212. The zero-order valence-corrected chi connectivity index (χ0v) is 9.74. The van der Waals surface area contributed by atoms with E-state index in [4.69, 9.17) is 11.6 Å². The number of halogens is 1. The van der Waals surface area contributed by atoms with E-state index in [1.54, 1.807) is 0 Å². The van der Waals surface area contributed by atoms with Gasteiger partial charge in [-0.3, -0.25) is 10.1 Å².